The Morgan fingerprint density at radius 3 is 2.60 bits per heavy atom. The molecule has 20 heavy (non-hydrogen) atoms. The molecule has 3 heteroatoms. The quantitative estimate of drug-likeness (QED) is 0.875. The van der Waals surface area contributed by atoms with Gasteiger partial charge >= 0.3 is 0 Å². The molecule has 0 bridgehead atoms. The summed E-state index contributed by atoms with van der Waals surface area (Å²) in [5, 5.41) is 3.51. The molecule has 0 aliphatic heterocycles. The lowest BCUT2D eigenvalue weighted by Crippen LogP contribution is -2.39. The van der Waals surface area contributed by atoms with Crippen molar-refractivity contribution < 1.29 is 0 Å². The Hall–Kier alpha value is -1.87. The zero-order valence-electron chi connectivity index (χ0n) is 11.8. The maximum Gasteiger partial charge on any atom is 0.123 e. The minimum absolute atomic E-state index is 0.286. The van der Waals surface area contributed by atoms with Crippen LogP contribution in [-0.4, -0.2) is 18.1 Å². The van der Waals surface area contributed by atoms with Crippen molar-refractivity contribution in [3.05, 3.63) is 59.8 Å². The predicted molar refractivity (Wildman–Crippen MR) is 82.6 cm³/mol. The summed E-state index contributed by atoms with van der Waals surface area (Å²) in [7, 11) is 2.05. The third-order valence-electron chi connectivity index (χ3n) is 4.44. The fourth-order valence-corrected chi connectivity index (χ4v) is 3.17. The van der Waals surface area contributed by atoms with Gasteiger partial charge in [0.15, 0.2) is 0 Å². The predicted octanol–water partition coefficient (Wildman–Crippen LogP) is 2.53. The molecule has 1 aromatic heterocycles. The van der Waals surface area contributed by atoms with E-state index in [9.17, 15) is 0 Å². The number of nitrogens with zero attached hydrogens (tertiary/aromatic N) is 1. The average Bonchev–Trinajstić information content (AvgIpc) is 3.27. The molecular formula is C17H21N3. The van der Waals surface area contributed by atoms with Gasteiger partial charge in [-0.05, 0) is 49.6 Å². The van der Waals surface area contributed by atoms with Gasteiger partial charge in [-0.3, -0.25) is 0 Å². The van der Waals surface area contributed by atoms with Crippen molar-refractivity contribution >= 4 is 5.82 Å². The lowest BCUT2D eigenvalue weighted by Gasteiger charge is -2.27. The minimum Gasteiger partial charge on any atom is -0.384 e. The molecule has 1 aliphatic rings. The second kappa shape index (κ2) is 5.25. The number of hydrogen-bond acceptors (Lipinski definition) is 3. The van der Waals surface area contributed by atoms with Crippen LogP contribution in [0.2, 0.25) is 0 Å². The van der Waals surface area contributed by atoms with Gasteiger partial charge in [0.2, 0.25) is 0 Å². The molecule has 1 atom stereocenters. The average molecular weight is 267 g/mol. The molecule has 0 spiro atoms. The summed E-state index contributed by atoms with van der Waals surface area (Å²) < 4.78 is 0. The molecule has 2 aromatic rings. The van der Waals surface area contributed by atoms with Crippen LogP contribution in [0.1, 0.15) is 24.0 Å². The maximum absolute atomic E-state index is 5.78. The Morgan fingerprint density at radius 2 is 2.00 bits per heavy atom. The fraction of sp³-hybridized carbons (Fsp3) is 0.353. The highest BCUT2D eigenvalue weighted by Crippen LogP contribution is 2.51. The molecule has 3 rings (SSSR count). The van der Waals surface area contributed by atoms with Gasteiger partial charge in [-0.25, -0.2) is 4.98 Å². The molecule has 3 N–H and O–H groups in total. The summed E-state index contributed by atoms with van der Waals surface area (Å²) in [5.41, 5.74) is 8.76. The van der Waals surface area contributed by atoms with E-state index in [4.69, 9.17) is 5.73 Å². The van der Waals surface area contributed by atoms with Gasteiger partial charge in [0.05, 0.1) is 0 Å². The molecule has 1 saturated carbocycles. The number of nitrogens with two attached hydrogens (primary N) is 1. The van der Waals surface area contributed by atoms with Crippen molar-refractivity contribution in [2.75, 3.05) is 12.8 Å². The first-order chi connectivity index (χ1) is 9.74. The highest BCUT2D eigenvalue weighted by molar-refractivity contribution is 5.37. The van der Waals surface area contributed by atoms with E-state index < -0.39 is 0 Å². The van der Waals surface area contributed by atoms with Crippen LogP contribution in [0.4, 0.5) is 5.82 Å². The lowest BCUT2D eigenvalue weighted by atomic mass is 9.84. The first kappa shape index (κ1) is 13.1. The summed E-state index contributed by atoms with van der Waals surface area (Å²) in [6.45, 7) is 0. The van der Waals surface area contributed by atoms with Crippen LogP contribution in [-0.2, 0) is 11.8 Å². The van der Waals surface area contributed by atoms with Crippen LogP contribution in [0, 0.1) is 0 Å². The Morgan fingerprint density at radius 1 is 1.25 bits per heavy atom. The number of nitrogens with one attached hydrogen (secondary N) is 1. The molecule has 1 aromatic carbocycles. The maximum atomic E-state index is 5.78. The molecule has 1 fully saturated rings. The topological polar surface area (TPSA) is 50.9 Å². The van der Waals surface area contributed by atoms with Gasteiger partial charge in [-0.15, -0.1) is 0 Å². The first-order valence-corrected chi connectivity index (χ1v) is 7.18. The van der Waals surface area contributed by atoms with Crippen LogP contribution in [0.3, 0.4) is 0 Å². The normalized spacial score (nSPS) is 17.6. The summed E-state index contributed by atoms with van der Waals surface area (Å²) >= 11 is 0. The second-order valence-corrected chi connectivity index (χ2v) is 5.66. The van der Waals surface area contributed by atoms with Crippen molar-refractivity contribution in [2.45, 2.75) is 30.7 Å². The van der Waals surface area contributed by atoms with Crippen molar-refractivity contribution in [1.29, 1.82) is 0 Å². The van der Waals surface area contributed by atoms with E-state index in [1.54, 1.807) is 6.20 Å². The van der Waals surface area contributed by atoms with E-state index >= 15 is 0 Å². The highest BCUT2D eigenvalue weighted by Gasteiger charge is 2.49. The molecule has 1 heterocycles. The number of likely N-dealkylation sites (N-methyl/N-ethyl adjacent to an activating group) is 1. The smallest absolute Gasteiger partial charge is 0.123 e. The third-order valence-corrected chi connectivity index (χ3v) is 4.44. The molecule has 1 unspecified atom stereocenters. The third kappa shape index (κ3) is 2.41. The standard InChI is InChI=1S/C17H21N3/c1-19-15(11-13-7-10-20-16(18)12-13)17(8-9-17)14-5-3-2-4-6-14/h2-7,10,12,15,19H,8-9,11H2,1H3,(H2,18,20). The Bertz CT molecular complexity index is 576. The van der Waals surface area contributed by atoms with Gasteiger partial charge < -0.3 is 11.1 Å². The first-order valence-electron chi connectivity index (χ1n) is 7.18. The van der Waals surface area contributed by atoms with Gasteiger partial charge in [0.25, 0.3) is 0 Å². The van der Waals surface area contributed by atoms with Gasteiger partial charge in [-0.2, -0.15) is 0 Å². The zero-order valence-corrected chi connectivity index (χ0v) is 11.8. The molecule has 0 amide bonds. The number of pyridine rings is 1. The Kier molecular flexibility index (Phi) is 3.45. The van der Waals surface area contributed by atoms with Crippen molar-refractivity contribution in [2.24, 2.45) is 0 Å². The number of hydrogen-bond donors (Lipinski definition) is 2. The lowest BCUT2D eigenvalue weighted by molar-refractivity contribution is 0.442. The highest BCUT2D eigenvalue weighted by atomic mass is 14.9. The van der Waals surface area contributed by atoms with E-state index in [2.05, 4.69) is 53.7 Å². The largest absolute Gasteiger partial charge is 0.384 e. The molecule has 104 valence electrons. The van der Waals surface area contributed by atoms with Gasteiger partial charge in [0.1, 0.15) is 5.82 Å². The molecule has 0 saturated heterocycles. The Balaban J connectivity index is 1.84. The fourth-order valence-electron chi connectivity index (χ4n) is 3.17. The molecular weight excluding hydrogens is 246 g/mol. The van der Waals surface area contributed by atoms with Crippen LogP contribution < -0.4 is 11.1 Å². The summed E-state index contributed by atoms with van der Waals surface area (Å²) in [6, 6.07) is 15.3. The van der Waals surface area contributed by atoms with E-state index in [0.29, 0.717) is 11.9 Å². The number of aromatic nitrogens is 1. The van der Waals surface area contributed by atoms with E-state index in [1.165, 1.54) is 24.0 Å². The van der Waals surface area contributed by atoms with Crippen LogP contribution >= 0.6 is 0 Å². The van der Waals surface area contributed by atoms with Crippen LogP contribution in [0.5, 0.6) is 0 Å². The van der Waals surface area contributed by atoms with Crippen molar-refractivity contribution in [3.63, 3.8) is 0 Å². The summed E-state index contributed by atoms with van der Waals surface area (Å²) in [4.78, 5) is 4.07. The summed E-state index contributed by atoms with van der Waals surface area (Å²) in [6.07, 6.45) is 5.28. The van der Waals surface area contributed by atoms with Gasteiger partial charge in [-0.1, -0.05) is 30.3 Å². The SMILES string of the molecule is CNC(Cc1ccnc(N)c1)C1(c2ccccc2)CC1. The van der Waals surface area contributed by atoms with Gasteiger partial charge in [0, 0.05) is 17.7 Å². The molecule has 0 radical (unpaired) electrons. The van der Waals surface area contributed by atoms with E-state index in [1.807, 2.05) is 6.07 Å². The molecule has 1 aliphatic carbocycles. The zero-order chi connectivity index (χ0) is 14.0. The number of benzene rings is 1. The monoisotopic (exact) mass is 267 g/mol. The number of nitrogen functional groups attached to an aromatic ring is 1. The number of rotatable bonds is 5. The van der Waals surface area contributed by atoms with Crippen molar-refractivity contribution in [3.8, 4) is 0 Å². The van der Waals surface area contributed by atoms with E-state index in [0.717, 1.165) is 6.42 Å². The summed E-state index contributed by atoms with van der Waals surface area (Å²) in [5.74, 6) is 0.599. The Labute approximate surface area is 120 Å². The van der Waals surface area contributed by atoms with Crippen LogP contribution in [0.15, 0.2) is 48.7 Å². The van der Waals surface area contributed by atoms with Crippen LogP contribution in [0.25, 0.3) is 0 Å². The minimum atomic E-state index is 0.286. The second-order valence-electron chi connectivity index (χ2n) is 5.66. The van der Waals surface area contributed by atoms with Crippen molar-refractivity contribution in [1.82, 2.24) is 10.3 Å². The van der Waals surface area contributed by atoms with E-state index in [-0.39, 0.29) is 5.41 Å². The number of anilines is 1. The molecule has 3 nitrogen and oxygen atoms in total.